The minimum absolute atomic E-state index is 0.206. The third-order valence-electron chi connectivity index (χ3n) is 12.6. The summed E-state index contributed by atoms with van der Waals surface area (Å²) in [5.41, 5.74) is 6.98. The zero-order chi connectivity index (χ0) is 54.0. The fourth-order valence-electron chi connectivity index (χ4n) is 8.48. The lowest BCUT2D eigenvalue weighted by atomic mass is 10.0. The lowest BCUT2D eigenvalue weighted by Gasteiger charge is -2.24. The van der Waals surface area contributed by atoms with Gasteiger partial charge in [-0.25, -0.2) is 0 Å². The molecule has 6 N–H and O–H groups in total. The van der Waals surface area contributed by atoms with E-state index in [4.69, 9.17) is 23.5 Å². The van der Waals surface area contributed by atoms with Crippen LogP contribution in [0.15, 0.2) is 45.4 Å². The zero-order valence-corrected chi connectivity index (χ0v) is 46.4. The molecule has 0 spiro atoms. The quantitative estimate of drug-likeness (QED) is 0.0299. The Morgan fingerprint density at radius 1 is 0.635 bits per heavy atom. The standard InChI is InChI=1S/C54H74N8O10S2/c1-13-36-21-38(50-58-53(72-60-50)41-19-31(8)43(73-41)25-61(14-2)24-29(4)5)18-35(12)48(36)70-28-40(64)23-56-52(68)46(66)45(65)51(67)55-22-39(63)27-69-47-33(10)16-37(17-34(47)11)49-57-54(71-59-49)42-20-32(9)44(74-42)26-62(15-3)30(6)7/h16-21,29-30,39-40,45-46,63-66H,13-15,22-28H2,1-12H3,(H,55,67)(H,56,68). The fraction of sp³-hybridized carbons (Fsp3) is 0.519. The molecule has 18 nitrogen and oxygen atoms in total. The van der Waals surface area contributed by atoms with Gasteiger partial charge in [0.1, 0.15) is 36.9 Å². The van der Waals surface area contributed by atoms with Crippen LogP contribution >= 0.6 is 22.7 Å². The molecule has 0 aliphatic heterocycles. The van der Waals surface area contributed by atoms with E-state index in [1.54, 1.807) is 22.7 Å². The van der Waals surface area contributed by atoms with Crippen LogP contribution in [0.25, 0.3) is 44.3 Å². The molecule has 0 fully saturated rings. The first-order chi connectivity index (χ1) is 35.2. The lowest BCUT2D eigenvalue weighted by molar-refractivity contribution is -0.146. The van der Waals surface area contributed by atoms with Crippen molar-refractivity contribution in [1.29, 1.82) is 0 Å². The van der Waals surface area contributed by atoms with E-state index in [9.17, 15) is 30.0 Å². The largest absolute Gasteiger partial charge is 0.490 e. The van der Waals surface area contributed by atoms with Crippen LogP contribution in [-0.2, 0) is 29.1 Å². The fourth-order valence-corrected chi connectivity index (χ4v) is 10.7. The Hall–Kier alpha value is -5.58. The van der Waals surface area contributed by atoms with Crippen molar-refractivity contribution in [3.63, 3.8) is 0 Å². The summed E-state index contributed by atoms with van der Waals surface area (Å²) in [6.45, 7) is 28.5. The number of aryl methyl sites for hydroxylation is 6. The third-order valence-corrected chi connectivity index (χ3v) is 15.1. The summed E-state index contributed by atoms with van der Waals surface area (Å²) in [7, 11) is 0. The number of nitrogens with one attached hydrogen (secondary N) is 2. The van der Waals surface area contributed by atoms with Crippen LogP contribution in [0, 0.1) is 40.5 Å². The highest BCUT2D eigenvalue weighted by Crippen LogP contribution is 2.36. The molecule has 2 aromatic carbocycles. The van der Waals surface area contributed by atoms with Crippen molar-refractivity contribution in [2.75, 3.05) is 45.9 Å². The van der Waals surface area contributed by atoms with E-state index in [0.29, 0.717) is 53.3 Å². The molecule has 402 valence electrons. The van der Waals surface area contributed by atoms with E-state index in [-0.39, 0.29) is 26.3 Å². The number of hydrogen-bond donors (Lipinski definition) is 6. The summed E-state index contributed by atoms with van der Waals surface area (Å²) in [6.07, 6.45) is -6.14. The van der Waals surface area contributed by atoms with Gasteiger partial charge in [-0.3, -0.25) is 19.4 Å². The van der Waals surface area contributed by atoms with Gasteiger partial charge in [0.25, 0.3) is 23.6 Å². The van der Waals surface area contributed by atoms with Crippen molar-refractivity contribution in [3.8, 4) is 55.8 Å². The van der Waals surface area contributed by atoms with Crippen molar-refractivity contribution >= 4 is 34.5 Å². The van der Waals surface area contributed by atoms with Crippen LogP contribution in [0.5, 0.6) is 11.5 Å². The van der Waals surface area contributed by atoms with Crippen LogP contribution < -0.4 is 20.1 Å². The number of rotatable bonds is 27. The van der Waals surface area contributed by atoms with Crippen LogP contribution in [0.3, 0.4) is 0 Å². The van der Waals surface area contributed by atoms with Crippen molar-refractivity contribution in [2.24, 2.45) is 5.92 Å². The molecule has 0 aliphatic carbocycles. The minimum Gasteiger partial charge on any atom is -0.490 e. The Morgan fingerprint density at radius 3 is 1.54 bits per heavy atom. The van der Waals surface area contributed by atoms with Crippen molar-refractivity contribution in [1.82, 2.24) is 40.7 Å². The molecule has 4 aromatic heterocycles. The molecule has 0 bridgehead atoms. The smallest absolute Gasteiger partial charge is 0.268 e. The average Bonchev–Trinajstić information content (AvgIpc) is 4.20. The van der Waals surface area contributed by atoms with Crippen molar-refractivity contribution in [3.05, 3.63) is 79.5 Å². The summed E-state index contributed by atoms with van der Waals surface area (Å²) < 4.78 is 23.4. The van der Waals surface area contributed by atoms with Gasteiger partial charge < -0.3 is 49.6 Å². The number of carbonyl (C=O) groups is 2. The minimum atomic E-state index is -2.16. The number of carbonyl (C=O) groups excluding carboxylic acids is 2. The molecule has 74 heavy (non-hydrogen) atoms. The second kappa shape index (κ2) is 26.3. The van der Waals surface area contributed by atoms with E-state index in [1.165, 1.54) is 20.9 Å². The predicted octanol–water partition coefficient (Wildman–Crippen LogP) is 7.19. The zero-order valence-electron chi connectivity index (χ0n) is 44.7. The maximum absolute atomic E-state index is 12.8. The summed E-state index contributed by atoms with van der Waals surface area (Å²) in [6, 6.07) is 12.1. The SMILES string of the molecule is CCc1cc(-c2noc(-c3cc(C)c(CN(CC)CC(C)C)s3)n2)cc(C)c1OCC(O)CNC(=O)C(O)C(O)C(=O)NCC(O)COc1c(C)cc(-c2noc(-c3cc(C)c(CN(CC)C(C)C)s3)n2)cc1C. The molecule has 0 aliphatic rings. The molecule has 0 saturated heterocycles. The van der Waals surface area contributed by atoms with E-state index < -0.39 is 36.2 Å². The van der Waals surface area contributed by atoms with Gasteiger partial charge in [-0.2, -0.15) is 9.97 Å². The molecule has 6 rings (SSSR count). The van der Waals surface area contributed by atoms with Gasteiger partial charge in [0.2, 0.25) is 11.6 Å². The molecule has 2 amide bonds. The summed E-state index contributed by atoms with van der Waals surface area (Å²) >= 11 is 3.31. The van der Waals surface area contributed by atoms with Crippen molar-refractivity contribution < 1.29 is 48.5 Å². The highest BCUT2D eigenvalue weighted by atomic mass is 32.1. The van der Waals surface area contributed by atoms with Crippen LogP contribution in [0.2, 0.25) is 0 Å². The molecule has 20 heteroatoms. The highest BCUT2D eigenvalue weighted by molar-refractivity contribution is 7.15. The first-order valence-corrected chi connectivity index (χ1v) is 26.9. The Morgan fingerprint density at radius 2 is 1.09 bits per heavy atom. The van der Waals surface area contributed by atoms with Gasteiger partial charge in [0, 0.05) is 59.6 Å². The van der Waals surface area contributed by atoms with Gasteiger partial charge >= 0.3 is 0 Å². The second-order valence-electron chi connectivity index (χ2n) is 19.5. The van der Waals surface area contributed by atoms with Gasteiger partial charge in [-0.15, -0.1) is 22.7 Å². The third kappa shape index (κ3) is 14.8. The monoisotopic (exact) mass is 1060 g/mol. The van der Waals surface area contributed by atoms with E-state index >= 15 is 0 Å². The first kappa shape index (κ1) is 57.7. The van der Waals surface area contributed by atoms with Crippen LogP contribution in [-0.4, -0.2) is 139 Å². The average molecular weight is 1060 g/mol. The number of amides is 2. The Balaban J connectivity index is 0.936. The van der Waals surface area contributed by atoms with Gasteiger partial charge in [-0.05, 0) is 144 Å². The molecule has 4 atom stereocenters. The molecular formula is C54H74N8O10S2. The van der Waals surface area contributed by atoms with Crippen LogP contribution in [0.1, 0.15) is 91.6 Å². The van der Waals surface area contributed by atoms with E-state index in [0.717, 1.165) is 75.9 Å². The highest BCUT2D eigenvalue weighted by Gasteiger charge is 2.31. The number of aromatic nitrogens is 4. The van der Waals surface area contributed by atoms with Gasteiger partial charge in [-0.1, -0.05) is 44.9 Å². The Bertz CT molecular complexity index is 2800. The number of thiophene rings is 2. The van der Waals surface area contributed by atoms with Gasteiger partial charge in [0.15, 0.2) is 12.2 Å². The van der Waals surface area contributed by atoms with E-state index in [1.807, 2.05) is 52.0 Å². The number of aliphatic hydroxyl groups excluding tert-OH is 4. The molecule has 0 radical (unpaired) electrons. The molecule has 0 saturated carbocycles. The number of ether oxygens (including phenoxy) is 2. The summed E-state index contributed by atoms with van der Waals surface area (Å²) in [5.74, 6) is 1.24. The molecule has 4 heterocycles. The normalized spacial score (nSPS) is 13.5. The Kier molecular flexibility index (Phi) is 20.5. The summed E-state index contributed by atoms with van der Waals surface area (Å²) in [4.78, 5) is 44.1. The van der Waals surface area contributed by atoms with Crippen molar-refractivity contribution in [2.45, 2.75) is 133 Å². The summed E-state index contributed by atoms with van der Waals surface area (Å²) in [5, 5.41) is 55.6. The number of benzene rings is 2. The second-order valence-corrected chi connectivity index (χ2v) is 21.8. The molecular weight excluding hydrogens is 985 g/mol. The van der Waals surface area contributed by atoms with Crippen LogP contribution in [0.4, 0.5) is 0 Å². The Labute approximate surface area is 442 Å². The lowest BCUT2D eigenvalue weighted by Crippen LogP contribution is -2.52. The maximum atomic E-state index is 12.8. The topological polar surface area (TPSA) is 242 Å². The predicted molar refractivity (Wildman–Crippen MR) is 287 cm³/mol. The molecule has 4 unspecified atom stereocenters. The number of nitrogens with zero attached hydrogens (tertiary/aromatic N) is 6. The maximum Gasteiger partial charge on any atom is 0.268 e. The number of aliphatic hydroxyl groups is 4. The number of hydrogen-bond acceptors (Lipinski definition) is 18. The van der Waals surface area contributed by atoms with Gasteiger partial charge in [0.05, 0.1) is 9.75 Å². The van der Waals surface area contributed by atoms with E-state index in [2.05, 4.69) is 103 Å². The molecule has 6 aromatic rings. The first-order valence-electron chi connectivity index (χ1n) is 25.3.